The molecule has 2 rings (SSSR count). The minimum absolute atomic E-state index is 0.403. The zero-order valence-corrected chi connectivity index (χ0v) is 6.31. The first-order chi connectivity index (χ1) is 4.87. The van der Waals surface area contributed by atoms with Gasteiger partial charge in [0.25, 0.3) is 0 Å². The molecule has 10 heavy (non-hydrogen) atoms. The van der Waals surface area contributed by atoms with E-state index in [1.165, 1.54) is 25.7 Å². The van der Waals surface area contributed by atoms with Crippen LogP contribution in [0.4, 0.5) is 0 Å². The summed E-state index contributed by atoms with van der Waals surface area (Å²) in [4.78, 5) is 0. The van der Waals surface area contributed by atoms with Crippen molar-refractivity contribution in [2.45, 2.75) is 31.8 Å². The van der Waals surface area contributed by atoms with Crippen LogP contribution in [0, 0.1) is 5.41 Å². The van der Waals surface area contributed by atoms with Crippen molar-refractivity contribution < 1.29 is 4.74 Å². The van der Waals surface area contributed by atoms with Gasteiger partial charge in [-0.3, -0.25) is 0 Å². The van der Waals surface area contributed by atoms with E-state index in [1.807, 2.05) is 0 Å². The lowest BCUT2D eigenvalue weighted by atomic mass is 9.83. The van der Waals surface area contributed by atoms with Crippen LogP contribution in [0.1, 0.15) is 25.7 Å². The Bertz CT molecular complexity index is 125. The fraction of sp³-hybridized carbons (Fsp3) is 1.00. The lowest BCUT2D eigenvalue weighted by Gasteiger charge is -2.24. The van der Waals surface area contributed by atoms with E-state index < -0.39 is 0 Å². The van der Waals surface area contributed by atoms with E-state index in [-0.39, 0.29) is 0 Å². The monoisotopic (exact) mass is 141 g/mol. The van der Waals surface area contributed by atoms with Gasteiger partial charge in [-0.2, -0.15) is 0 Å². The van der Waals surface area contributed by atoms with Crippen LogP contribution in [-0.4, -0.2) is 19.3 Å². The topological polar surface area (TPSA) is 35.2 Å². The number of ether oxygens (including phenoxy) is 1. The first-order valence-electron chi connectivity index (χ1n) is 4.19. The molecule has 0 radical (unpaired) electrons. The lowest BCUT2D eigenvalue weighted by molar-refractivity contribution is 0.0735. The molecule has 1 saturated carbocycles. The lowest BCUT2D eigenvalue weighted by Crippen LogP contribution is -2.33. The van der Waals surface area contributed by atoms with Gasteiger partial charge in [-0.05, 0) is 19.3 Å². The molecule has 2 nitrogen and oxygen atoms in total. The van der Waals surface area contributed by atoms with E-state index in [4.69, 9.17) is 10.5 Å². The summed E-state index contributed by atoms with van der Waals surface area (Å²) < 4.78 is 5.59. The van der Waals surface area contributed by atoms with Gasteiger partial charge in [0, 0.05) is 18.6 Å². The van der Waals surface area contributed by atoms with Crippen LogP contribution in [0.25, 0.3) is 0 Å². The summed E-state index contributed by atoms with van der Waals surface area (Å²) in [6, 6.07) is 0. The minimum atomic E-state index is 0.403. The molecule has 0 aromatic carbocycles. The van der Waals surface area contributed by atoms with E-state index in [1.54, 1.807) is 0 Å². The Labute approximate surface area is 61.7 Å². The van der Waals surface area contributed by atoms with Gasteiger partial charge in [0.2, 0.25) is 0 Å². The van der Waals surface area contributed by atoms with Crippen molar-refractivity contribution in [3.63, 3.8) is 0 Å². The molecular formula is C8H15NO. The number of hydrogen-bond donors (Lipinski definition) is 1. The highest BCUT2D eigenvalue weighted by Gasteiger charge is 2.46. The van der Waals surface area contributed by atoms with Gasteiger partial charge in [-0.1, -0.05) is 6.42 Å². The second-order valence-corrected chi connectivity index (χ2v) is 3.57. The normalized spacial score (nSPS) is 45.9. The third kappa shape index (κ3) is 0.722. The number of hydrogen-bond acceptors (Lipinski definition) is 2. The summed E-state index contributed by atoms with van der Waals surface area (Å²) in [5.41, 5.74) is 6.13. The SMILES string of the molecule is NC[C@]12CCC[C@H]1OCC2. The molecule has 58 valence electrons. The third-order valence-corrected chi connectivity index (χ3v) is 3.15. The van der Waals surface area contributed by atoms with E-state index in [2.05, 4.69) is 0 Å². The van der Waals surface area contributed by atoms with Crippen LogP contribution in [0.3, 0.4) is 0 Å². The van der Waals surface area contributed by atoms with Crippen LogP contribution in [0.5, 0.6) is 0 Å². The van der Waals surface area contributed by atoms with Crippen LogP contribution in [0.2, 0.25) is 0 Å². The maximum absolute atomic E-state index is 5.73. The van der Waals surface area contributed by atoms with Gasteiger partial charge in [-0.15, -0.1) is 0 Å². The Kier molecular flexibility index (Phi) is 1.46. The number of rotatable bonds is 1. The smallest absolute Gasteiger partial charge is 0.0644 e. The number of nitrogens with two attached hydrogens (primary N) is 1. The van der Waals surface area contributed by atoms with Gasteiger partial charge in [0.1, 0.15) is 0 Å². The predicted molar refractivity (Wildman–Crippen MR) is 39.7 cm³/mol. The molecule has 0 aromatic rings. The summed E-state index contributed by atoms with van der Waals surface area (Å²) in [6.07, 6.45) is 5.58. The highest BCUT2D eigenvalue weighted by Crippen LogP contribution is 2.46. The van der Waals surface area contributed by atoms with Crippen molar-refractivity contribution in [1.82, 2.24) is 0 Å². The summed E-state index contributed by atoms with van der Waals surface area (Å²) >= 11 is 0. The Balaban J connectivity index is 2.15. The summed E-state index contributed by atoms with van der Waals surface area (Å²) in [6.45, 7) is 1.78. The average molecular weight is 141 g/mol. The quantitative estimate of drug-likeness (QED) is 0.589. The molecule has 2 N–H and O–H groups in total. The molecule has 0 aromatic heterocycles. The molecule has 2 aliphatic rings. The Morgan fingerprint density at radius 3 is 3.10 bits per heavy atom. The zero-order chi connectivity index (χ0) is 7.03. The maximum Gasteiger partial charge on any atom is 0.0644 e. The molecular weight excluding hydrogens is 126 g/mol. The van der Waals surface area contributed by atoms with Crippen molar-refractivity contribution in [2.24, 2.45) is 11.1 Å². The van der Waals surface area contributed by atoms with Crippen molar-refractivity contribution in [3.05, 3.63) is 0 Å². The molecule has 0 amide bonds. The van der Waals surface area contributed by atoms with Crippen molar-refractivity contribution in [3.8, 4) is 0 Å². The fourth-order valence-electron chi connectivity index (χ4n) is 2.39. The molecule has 0 bridgehead atoms. The van der Waals surface area contributed by atoms with Gasteiger partial charge >= 0.3 is 0 Å². The maximum atomic E-state index is 5.73. The van der Waals surface area contributed by atoms with E-state index in [9.17, 15) is 0 Å². The summed E-state index contributed by atoms with van der Waals surface area (Å²) in [7, 11) is 0. The molecule has 1 saturated heterocycles. The van der Waals surface area contributed by atoms with Gasteiger partial charge in [-0.25, -0.2) is 0 Å². The molecule has 1 aliphatic carbocycles. The van der Waals surface area contributed by atoms with E-state index in [0.717, 1.165) is 13.2 Å². The van der Waals surface area contributed by atoms with Gasteiger partial charge < -0.3 is 10.5 Å². The molecule has 2 fully saturated rings. The minimum Gasteiger partial charge on any atom is -0.378 e. The van der Waals surface area contributed by atoms with E-state index >= 15 is 0 Å². The van der Waals surface area contributed by atoms with Gasteiger partial charge in [0.15, 0.2) is 0 Å². The first kappa shape index (κ1) is 6.62. The summed E-state index contributed by atoms with van der Waals surface area (Å²) in [5, 5.41) is 0. The molecule has 0 spiro atoms. The first-order valence-corrected chi connectivity index (χ1v) is 4.19. The van der Waals surface area contributed by atoms with E-state index in [0.29, 0.717) is 11.5 Å². The van der Waals surface area contributed by atoms with Crippen LogP contribution < -0.4 is 5.73 Å². The van der Waals surface area contributed by atoms with Crippen LogP contribution in [-0.2, 0) is 4.74 Å². The molecule has 1 heterocycles. The number of fused-ring (bicyclic) bond motifs is 1. The van der Waals surface area contributed by atoms with Crippen molar-refractivity contribution >= 4 is 0 Å². The summed E-state index contributed by atoms with van der Waals surface area (Å²) in [5.74, 6) is 0. The molecule has 0 unspecified atom stereocenters. The highest BCUT2D eigenvalue weighted by molar-refractivity contribution is 4.97. The largest absolute Gasteiger partial charge is 0.378 e. The van der Waals surface area contributed by atoms with Gasteiger partial charge in [0.05, 0.1) is 6.10 Å². The highest BCUT2D eigenvalue weighted by atomic mass is 16.5. The average Bonchev–Trinajstić information content (AvgIpc) is 2.42. The van der Waals surface area contributed by atoms with Crippen LogP contribution >= 0.6 is 0 Å². The Hall–Kier alpha value is -0.0800. The second-order valence-electron chi connectivity index (χ2n) is 3.57. The Morgan fingerprint density at radius 1 is 1.50 bits per heavy atom. The third-order valence-electron chi connectivity index (χ3n) is 3.15. The van der Waals surface area contributed by atoms with Crippen LogP contribution in [0.15, 0.2) is 0 Å². The van der Waals surface area contributed by atoms with Crippen molar-refractivity contribution in [2.75, 3.05) is 13.2 Å². The van der Waals surface area contributed by atoms with Crippen molar-refractivity contribution in [1.29, 1.82) is 0 Å². The molecule has 2 atom stereocenters. The zero-order valence-electron chi connectivity index (χ0n) is 6.31. The molecule has 1 aliphatic heterocycles. The fourth-order valence-corrected chi connectivity index (χ4v) is 2.39. The molecule has 2 heteroatoms. The Morgan fingerprint density at radius 2 is 2.40 bits per heavy atom. The second kappa shape index (κ2) is 2.21. The standard InChI is InChI=1S/C8H15NO/c9-6-8-3-1-2-7(8)10-5-4-8/h7H,1-6,9H2/t7-,8-/m1/s1. The predicted octanol–water partition coefficient (Wildman–Crippen LogP) is 0.904.